The largest absolute Gasteiger partial charge is 0.458 e. The normalized spacial score (nSPS) is 13.9. The number of allylic oxidation sites excluding steroid dienone is 4. The maximum Gasteiger partial charge on any atom is 0.330 e. The molecule has 0 saturated heterocycles. The maximum absolute atomic E-state index is 10.9. The third-order valence-electron chi connectivity index (χ3n) is 2.66. The van der Waals surface area contributed by atoms with Crippen molar-refractivity contribution in [3.8, 4) is 0 Å². The van der Waals surface area contributed by atoms with Gasteiger partial charge in [0.05, 0.1) is 0 Å². The van der Waals surface area contributed by atoms with E-state index in [1.165, 1.54) is 11.6 Å². The van der Waals surface area contributed by atoms with E-state index >= 15 is 0 Å². The quantitative estimate of drug-likeness (QED) is 0.582. The molecule has 1 aromatic rings. The third kappa shape index (κ3) is 2.94. The fourth-order valence-electron chi connectivity index (χ4n) is 1.70. The van der Waals surface area contributed by atoms with E-state index in [9.17, 15) is 4.79 Å². The standard InChI is InChI=1S/C15H14O2/c1-2-15(16)17-11-12-7-9-14(10-8-12)13-5-3-4-6-13/h2-10,13H,1,11H2. The Labute approximate surface area is 101 Å². The summed E-state index contributed by atoms with van der Waals surface area (Å²) in [4.78, 5) is 10.9. The zero-order chi connectivity index (χ0) is 12.1. The van der Waals surface area contributed by atoms with Crippen LogP contribution in [0.25, 0.3) is 0 Å². The molecule has 0 saturated carbocycles. The second-order valence-electron chi connectivity index (χ2n) is 3.85. The van der Waals surface area contributed by atoms with E-state index in [0.29, 0.717) is 12.5 Å². The molecule has 0 fully saturated rings. The summed E-state index contributed by atoms with van der Waals surface area (Å²) in [7, 11) is 0. The van der Waals surface area contributed by atoms with Crippen LogP contribution in [-0.2, 0) is 16.1 Å². The number of carbonyl (C=O) groups excluding carboxylic acids is 1. The van der Waals surface area contributed by atoms with Crippen molar-refractivity contribution in [3.63, 3.8) is 0 Å². The smallest absolute Gasteiger partial charge is 0.330 e. The molecule has 1 aliphatic rings. The van der Waals surface area contributed by atoms with Crippen LogP contribution in [0, 0.1) is 0 Å². The molecule has 0 heterocycles. The first-order valence-electron chi connectivity index (χ1n) is 5.52. The molecule has 86 valence electrons. The van der Waals surface area contributed by atoms with Crippen LogP contribution >= 0.6 is 0 Å². The lowest BCUT2D eigenvalue weighted by Crippen LogP contribution is -2.00. The van der Waals surface area contributed by atoms with Gasteiger partial charge in [-0.3, -0.25) is 0 Å². The lowest BCUT2D eigenvalue weighted by atomic mass is 10.00. The molecule has 0 aromatic heterocycles. The van der Waals surface area contributed by atoms with Gasteiger partial charge in [0, 0.05) is 12.0 Å². The fraction of sp³-hybridized carbons (Fsp3) is 0.133. The van der Waals surface area contributed by atoms with Gasteiger partial charge < -0.3 is 4.74 Å². The molecule has 17 heavy (non-hydrogen) atoms. The Balaban J connectivity index is 1.98. The van der Waals surface area contributed by atoms with Crippen LogP contribution in [0.3, 0.4) is 0 Å². The average Bonchev–Trinajstić information content (AvgIpc) is 2.90. The van der Waals surface area contributed by atoms with Crippen LogP contribution in [0.5, 0.6) is 0 Å². The predicted molar refractivity (Wildman–Crippen MR) is 67.5 cm³/mol. The van der Waals surface area contributed by atoms with E-state index in [-0.39, 0.29) is 0 Å². The predicted octanol–water partition coefficient (Wildman–Crippen LogP) is 3.13. The van der Waals surface area contributed by atoms with Crippen LogP contribution in [0.15, 0.2) is 61.2 Å². The van der Waals surface area contributed by atoms with Gasteiger partial charge >= 0.3 is 5.97 Å². The molecule has 2 nitrogen and oxygen atoms in total. The van der Waals surface area contributed by atoms with E-state index in [0.717, 1.165) is 5.56 Å². The SMILES string of the molecule is C=CC(=O)OCc1ccc(C2C=CC=C2)cc1. The third-order valence-corrected chi connectivity index (χ3v) is 2.66. The van der Waals surface area contributed by atoms with Crippen molar-refractivity contribution in [2.45, 2.75) is 12.5 Å². The summed E-state index contributed by atoms with van der Waals surface area (Å²) in [6.45, 7) is 3.64. The summed E-state index contributed by atoms with van der Waals surface area (Å²) in [5, 5.41) is 0. The fourth-order valence-corrected chi connectivity index (χ4v) is 1.70. The summed E-state index contributed by atoms with van der Waals surface area (Å²) < 4.78 is 4.96. The number of benzene rings is 1. The number of ether oxygens (including phenoxy) is 1. The van der Waals surface area contributed by atoms with Crippen LogP contribution in [0.2, 0.25) is 0 Å². The van der Waals surface area contributed by atoms with Gasteiger partial charge in [-0.05, 0) is 11.1 Å². The van der Waals surface area contributed by atoms with Crippen molar-refractivity contribution in [1.82, 2.24) is 0 Å². The van der Waals surface area contributed by atoms with Crippen molar-refractivity contribution in [2.75, 3.05) is 0 Å². The minimum absolute atomic E-state index is 0.293. The molecule has 0 unspecified atom stereocenters. The first-order valence-corrected chi connectivity index (χ1v) is 5.52. The van der Waals surface area contributed by atoms with E-state index in [1.807, 2.05) is 24.3 Å². The molecule has 0 amide bonds. The van der Waals surface area contributed by atoms with Crippen LogP contribution < -0.4 is 0 Å². The summed E-state index contributed by atoms with van der Waals surface area (Å²) in [5.41, 5.74) is 2.23. The second kappa shape index (κ2) is 5.30. The van der Waals surface area contributed by atoms with Gasteiger partial charge in [0.1, 0.15) is 6.61 Å². The molecule has 0 spiro atoms. The summed E-state index contributed by atoms with van der Waals surface area (Å²) in [6, 6.07) is 8.07. The monoisotopic (exact) mass is 226 g/mol. The first kappa shape index (κ1) is 11.4. The number of esters is 1. The minimum atomic E-state index is -0.393. The maximum atomic E-state index is 10.9. The Morgan fingerprint density at radius 1 is 1.24 bits per heavy atom. The van der Waals surface area contributed by atoms with Crippen molar-refractivity contribution in [1.29, 1.82) is 0 Å². The van der Waals surface area contributed by atoms with E-state index in [1.54, 1.807) is 0 Å². The van der Waals surface area contributed by atoms with Crippen molar-refractivity contribution >= 4 is 5.97 Å². The number of hydrogen-bond donors (Lipinski definition) is 0. The van der Waals surface area contributed by atoms with Crippen molar-refractivity contribution in [3.05, 3.63) is 72.4 Å². The van der Waals surface area contributed by atoms with Gasteiger partial charge in [-0.15, -0.1) is 0 Å². The second-order valence-corrected chi connectivity index (χ2v) is 3.85. The van der Waals surface area contributed by atoms with E-state index < -0.39 is 5.97 Å². The molecule has 0 aliphatic heterocycles. The van der Waals surface area contributed by atoms with Gasteiger partial charge in [-0.2, -0.15) is 0 Å². The Hall–Kier alpha value is -2.09. The first-order chi connectivity index (χ1) is 8.29. The molecule has 0 radical (unpaired) electrons. The van der Waals surface area contributed by atoms with Gasteiger partial charge in [0.15, 0.2) is 0 Å². The highest BCUT2D eigenvalue weighted by molar-refractivity contribution is 5.81. The molecule has 1 aliphatic carbocycles. The van der Waals surface area contributed by atoms with Gasteiger partial charge in [0.2, 0.25) is 0 Å². The number of hydrogen-bond acceptors (Lipinski definition) is 2. The Bertz CT molecular complexity index is 454. The van der Waals surface area contributed by atoms with Crippen LogP contribution in [0.4, 0.5) is 0 Å². The van der Waals surface area contributed by atoms with Crippen molar-refractivity contribution in [2.24, 2.45) is 0 Å². The van der Waals surface area contributed by atoms with Gasteiger partial charge in [-0.25, -0.2) is 4.79 Å². The van der Waals surface area contributed by atoms with Gasteiger partial charge in [0.25, 0.3) is 0 Å². The molecule has 2 rings (SSSR count). The lowest BCUT2D eigenvalue weighted by Gasteiger charge is -2.07. The zero-order valence-corrected chi connectivity index (χ0v) is 9.50. The highest BCUT2D eigenvalue weighted by atomic mass is 16.5. The zero-order valence-electron chi connectivity index (χ0n) is 9.50. The molecular weight excluding hydrogens is 212 g/mol. The molecule has 0 atom stereocenters. The van der Waals surface area contributed by atoms with Gasteiger partial charge in [-0.1, -0.05) is 55.1 Å². The van der Waals surface area contributed by atoms with Crippen LogP contribution in [-0.4, -0.2) is 5.97 Å². The Morgan fingerprint density at radius 2 is 1.88 bits per heavy atom. The minimum Gasteiger partial charge on any atom is -0.458 e. The van der Waals surface area contributed by atoms with E-state index in [2.05, 4.69) is 30.9 Å². The Morgan fingerprint density at radius 3 is 2.47 bits per heavy atom. The highest BCUT2D eigenvalue weighted by Gasteiger charge is 2.06. The summed E-state index contributed by atoms with van der Waals surface area (Å²) >= 11 is 0. The number of rotatable bonds is 4. The summed E-state index contributed by atoms with van der Waals surface area (Å²) in [6.07, 6.45) is 9.55. The molecular formula is C15H14O2. The Kier molecular flexibility index (Phi) is 3.55. The van der Waals surface area contributed by atoms with E-state index in [4.69, 9.17) is 4.74 Å². The topological polar surface area (TPSA) is 26.3 Å². The van der Waals surface area contributed by atoms with Crippen molar-refractivity contribution < 1.29 is 9.53 Å². The average molecular weight is 226 g/mol. The highest BCUT2D eigenvalue weighted by Crippen LogP contribution is 2.23. The molecule has 1 aromatic carbocycles. The molecule has 2 heteroatoms. The number of carbonyl (C=O) groups is 1. The van der Waals surface area contributed by atoms with Crippen LogP contribution in [0.1, 0.15) is 17.0 Å². The summed E-state index contributed by atoms with van der Waals surface area (Å²) in [5.74, 6) is -0.0180. The molecule has 0 bridgehead atoms. The lowest BCUT2D eigenvalue weighted by molar-refractivity contribution is -0.138. The molecule has 0 N–H and O–H groups in total.